The molecule has 1 amide bonds. The molecule has 0 aromatic carbocycles. The Morgan fingerprint density at radius 2 is 2.06 bits per heavy atom. The molecule has 0 aliphatic carbocycles. The van der Waals surface area contributed by atoms with Crippen LogP contribution < -0.4 is 5.32 Å². The van der Waals surface area contributed by atoms with Gasteiger partial charge in [-0.2, -0.15) is 0 Å². The number of azide groups is 1. The van der Waals surface area contributed by atoms with Gasteiger partial charge < -0.3 is 30.5 Å². The van der Waals surface area contributed by atoms with Crippen molar-refractivity contribution in [1.29, 1.82) is 0 Å². The second-order valence-corrected chi connectivity index (χ2v) is 3.71. The molecular weight excluding hydrogens is 248 g/mol. The Bertz CT molecular complexity index is 346. The minimum Gasteiger partial charge on any atom is -0.394 e. The third-order valence-corrected chi connectivity index (χ3v) is 2.51. The molecule has 0 spiro atoms. The highest BCUT2D eigenvalue weighted by molar-refractivity contribution is 5.78. The third kappa shape index (κ3) is 3.29. The van der Waals surface area contributed by atoms with Crippen LogP contribution >= 0.6 is 0 Å². The molecule has 0 saturated carbocycles. The first-order valence-electron chi connectivity index (χ1n) is 5.12. The van der Waals surface area contributed by atoms with Gasteiger partial charge in [0.25, 0.3) is 0 Å². The van der Waals surface area contributed by atoms with Gasteiger partial charge in [0.05, 0.1) is 6.61 Å². The summed E-state index contributed by atoms with van der Waals surface area (Å²) in [5, 5.41) is 42.7. The van der Waals surface area contributed by atoms with E-state index in [9.17, 15) is 20.1 Å². The smallest absolute Gasteiger partial charge is 0.226 e. The summed E-state index contributed by atoms with van der Waals surface area (Å²) in [5.41, 5.74) is 8.02. The number of rotatable bonds is 4. The van der Waals surface area contributed by atoms with Crippen molar-refractivity contribution < 1.29 is 30.0 Å². The molecule has 0 aromatic rings. The number of carbonyl (C=O) groups excluding carboxylic acids is 1. The zero-order chi connectivity index (χ0) is 13.7. The van der Waals surface area contributed by atoms with Gasteiger partial charge >= 0.3 is 0 Å². The molecule has 102 valence electrons. The molecule has 0 bridgehead atoms. The molecule has 10 heteroatoms. The average molecular weight is 262 g/mol. The van der Waals surface area contributed by atoms with Crippen LogP contribution in [0.15, 0.2) is 5.11 Å². The Morgan fingerprint density at radius 1 is 1.39 bits per heavy atom. The topological polar surface area (TPSA) is 168 Å². The first kappa shape index (κ1) is 14.6. The molecule has 18 heavy (non-hydrogen) atoms. The lowest BCUT2D eigenvalue weighted by molar-refractivity contribution is -0.253. The molecule has 1 aliphatic heterocycles. The number of aliphatic hydroxyl groups excluding tert-OH is 4. The largest absolute Gasteiger partial charge is 0.394 e. The van der Waals surface area contributed by atoms with Crippen LogP contribution in [0.1, 0.15) is 0 Å². The van der Waals surface area contributed by atoms with Crippen molar-refractivity contribution in [2.75, 3.05) is 13.2 Å². The Morgan fingerprint density at radius 3 is 2.61 bits per heavy atom. The summed E-state index contributed by atoms with van der Waals surface area (Å²) in [6.45, 7) is -1.10. The summed E-state index contributed by atoms with van der Waals surface area (Å²) in [6, 6.07) is -1.27. The van der Waals surface area contributed by atoms with E-state index >= 15 is 0 Å². The van der Waals surface area contributed by atoms with Gasteiger partial charge in [-0.15, -0.1) is 0 Å². The highest BCUT2D eigenvalue weighted by Crippen LogP contribution is 2.19. The SMILES string of the molecule is [N-]=[N+]=NCC(=O)N[C@H]1C(O)OC(CO)[C@H](O)[C@@H]1O. The van der Waals surface area contributed by atoms with Gasteiger partial charge in [0.15, 0.2) is 6.29 Å². The first-order valence-corrected chi connectivity index (χ1v) is 5.12. The van der Waals surface area contributed by atoms with Gasteiger partial charge in [-0.1, -0.05) is 5.11 Å². The minimum absolute atomic E-state index is 0.508. The zero-order valence-electron chi connectivity index (χ0n) is 9.25. The fraction of sp³-hybridized carbons (Fsp3) is 0.875. The van der Waals surface area contributed by atoms with Gasteiger partial charge in [-0.3, -0.25) is 4.79 Å². The van der Waals surface area contributed by atoms with Crippen LogP contribution in [0, 0.1) is 0 Å². The number of carbonyl (C=O) groups is 1. The minimum atomic E-state index is -1.59. The summed E-state index contributed by atoms with van der Waals surface area (Å²) >= 11 is 0. The van der Waals surface area contributed by atoms with Crippen molar-refractivity contribution in [2.24, 2.45) is 5.11 Å². The van der Waals surface area contributed by atoms with Gasteiger partial charge in [0.2, 0.25) is 5.91 Å². The molecular formula is C8H14N4O6. The summed E-state index contributed by atoms with van der Waals surface area (Å²) in [6.07, 6.45) is -5.69. The first-order chi connectivity index (χ1) is 8.51. The second kappa shape index (κ2) is 6.50. The molecule has 5 atom stereocenters. The van der Waals surface area contributed by atoms with E-state index in [0.29, 0.717) is 0 Å². The standard InChI is InChI=1S/C8H14N4O6/c9-12-10-1-4(14)11-5-7(16)6(15)3(2-13)18-8(5)17/h3,5-8,13,15-17H,1-2H2,(H,11,14)/t3?,5-,6+,7-,8?/m1/s1. The van der Waals surface area contributed by atoms with Crippen LogP contribution in [-0.2, 0) is 9.53 Å². The van der Waals surface area contributed by atoms with Crippen molar-refractivity contribution >= 4 is 5.91 Å². The molecule has 1 aliphatic rings. The van der Waals surface area contributed by atoms with Crippen molar-refractivity contribution in [3.05, 3.63) is 10.4 Å². The molecule has 2 unspecified atom stereocenters. The Hall–Kier alpha value is -1.42. The molecule has 1 rings (SSSR count). The van der Waals surface area contributed by atoms with Crippen molar-refractivity contribution in [3.8, 4) is 0 Å². The highest BCUT2D eigenvalue weighted by Gasteiger charge is 2.44. The Labute approximate surface area is 101 Å². The number of hydrogen-bond donors (Lipinski definition) is 5. The number of ether oxygens (including phenoxy) is 1. The summed E-state index contributed by atoms with van der Waals surface area (Å²) in [7, 11) is 0. The van der Waals surface area contributed by atoms with Gasteiger partial charge in [0.1, 0.15) is 30.9 Å². The molecule has 0 aromatic heterocycles. The van der Waals surface area contributed by atoms with E-state index in [4.69, 9.17) is 15.4 Å². The third-order valence-electron chi connectivity index (χ3n) is 2.51. The number of nitrogens with one attached hydrogen (secondary N) is 1. The maximum absolute atomic E-state index is 11.2. The van der Waals surface area contributed by atoms with Gasteiger partial charge in [-0.05, 0) is 5.53 Å². The zero-order valence-corrected chi connectivity index (χ0v) is 9.25. The van der Waals surface area contributed by atoms with Crippen LogP contribution in [-0.4, -0.2) is 70.1 Å². The Kier molecular flexibility index (Phi) is 5.28. The fourth-order valence-corrected chi connectivity index (χ4v) is 1.58. The fourth-order valence-electron chi connectivity index (χ4n) is 1.58. The number of amides is 1. The monoisotopic (exact) mass is 262 g/mol. The van der Waals surface area contributed by atoms with E-state index in [2.05, 4.69) is 15.3 Å². The van der Waals surface area contributed by atoms with E-state index < -0.39 is 49.7 Å². The maximum Gasteiger partial charge on any atom is 0.226 e. The van der Waals surface area contributed by atoms with Gasteiger partial charge in [-0.25, -0.2) is 0 Å². The van der Waals surface area contributed by atoms with Gasteiger partial charge in [0, 0.05) is 4.91 Å². The predicted octanol–water partition coefficient (Wildman–Crippen LogP) is -2.79. The molecule has 1 saturated heterocycles. The highest BCUT2D eigenvalue weighted by atomic mass is 16.6. The van der Waals surface area contributed by atoms with Crippen LogP contribution in [0.4, 0.5) is 0 Å². The van der Waals surface area contributed by atoms with Crippen molar-refractivity contribution in [3.63, 3.8) is 0 Å². The van der Waals surface area contributed by atoms with Crippen LogP contribution in [0.5, 0.6) is 0 Å². The molecule has 1 fully saturated rings. The van der Waals surface area contributed by atoms with E-state index in [0.717, 1.165) is 0 Å². The maximum atomic E-state index is 11.2. The van der Waals surface area contributed by atoms with E-state index in [1.165, 1.54) is 0 Å². The second-order valence-electron chi connectivity index (χ2n) is 3.71. The summed E-state index contributed by atoms with van der Waals surface area (Å²) in [4.78, 5) is 13.6. The van der Waals surface area contributed by atoms with E-state index in [1.807, 2.05) is 0 Å². The lowest BCUT2D eigenvalue weighted by atomic mass is 9.97. The molecule has 5 N–H and O–H groups in total. The molecule has 1 heterocycles. The van der Waals surface area contributed by atoms with E-state index in [1.54, 1.807) is 0 Å². The predicted molar refractivity (Wildman–Crippen MR) is 55.9 cm³/mol. The van der Waals surface area contributed by atoms with Crippen molar-refractivity contribution in [2.45, 2.75) is 30.6 Å². The number of aliphatic hydroxyl groups is 4. The lowest BCUT2D eigenvalue weighted by Crippen LogP contribution is -2.64. The van der Waals surface area contributed by atoms with Crippen molar-refractivity contribution in [1.82, 2.24) is 5.32 Å². The lowest BCUT2D eigenvalue weighted by Gasteiger charge is -2.40. The quantitative estimate of drug-likeness (QED) is 0.208. The van der Waals surface area contributed by atoms with Crippen LogP contribution in [0.2, 0.25) is 0 Å². The molecule has 10 nitrogen and oxygen atoms in total. The molecule has 0 radical (unpaired) electrons. The average Bonchev–Trinajstić information content (AvgIpc) is 2.36. The van der Waals surface area contributed by atoms with E-state index in [-0.39, 0.29) is 0 Å². The van der Waals surface area contributed by atoms with Crippen LogP contribution in [0.3, 0.4) is 0 Å². The number of nitrogens with zero attached hydrogens (tertiary/aromatic N) is 3. The summed E-state index contributed by atoms with van der Waals surface area (Å²) in [5.74, 6) is -0.742. The summed E-state index contributed by atoms with van der Waals surface area (Å²) < 4.78 is 4.81. The van der Waals surface area contributed by atoms with Crippen LogP contribution in [0.25, 0.3) is 10.4 Å². The Balaban J connectivity index is 2.64. The number of hydrogen-bond acceptors (Lipinski definition) is 7. The normalized spacial score (nSPS) is 35.7.